The fraction of sp³-hybridized carbons (Fsp3) is 0.240. The monoisotopic (exact) mass is 419 g/mol. The number of amides is 1. The number of alkyl halides is 1. The minimum absolute atomic E-state index is 0.0585. The van der Waals surface area contributed by atoms with Gasteiger partial charge in [-0.1, -0.05) is 60.7 Å². The Labute approximate surface area is 181 Å². The summed E-state index contributed by atoms with van der Waals surface area (Å²) in [6.07, 6.45) is -0.310. The SMILES string of the molecule is O=C(OCC1c2ccccc2-c2ccccc21)N1CCOc2cc(CCl)ccc2C1. The molecule has 0 aromatic heterocycles. The number of nitrogens with zero attached hydrogens (tertiary/aromatic N) is 1. The lowest BCUT2D eigenvalue weighted by Crippen LogP contribution is -2.33. The third-order valence-corrected chi connectivity index (χ3v) is 6.17. The van der Waals surface area contributed by atoms with Crippen LogP contribution in [0.3, 0.4) is 0 Å². The van der Waals surface area contributed by atoms with Gasteiger partial charge in [-0.25, -0.2) is 4.79 Å². The molecule has 152 valence electrons. The Kier molecular flexibility index (Phi) is 5.09. The van der Waals surface area contributed by atoms with Crippen molar-refractivity contribution >= 4 is 17.7 Å². The Balaban J connectivity index is 1.32. The van der Waals surface area contributed by atoms with Crippen molar-refractivity contribution in [1.29, 1.82) is 0 Å². The minimum Gasteiger partial charge on any atom is -0.491 e. The third-order valence-electron chi connectivity index (χ3n) is 5.86. The van der Waals surface area contributed by atoms with Crippen LogP contribution in [-0.2, 0) is 17.2 Å². The predicted molar refractivity (Wildman–Crippen MR) is 117 cm³/mol. The van der Waals surface area contributed by atoms with E-state index < -0.39 is 0 Å². The first-order valence-corrected chi connectivity index (χ1v) is 10.7. The van der Waals surface area contributed by atoms with Crippen molar-refractivity contribution in [3.05, 3.63) is 89.0 Å². The molecule has 0 radical (unpaired) electrons. The number of hydrogen-bond acceptors (Lipinski definition) is 3. The quantitative estimate of drug-likeness (QED) is 0.521. The van der Waals surface area contributed by atoms with E-state index in [-0.39, 0.29) is 12.0 Å². The summed E-state index contributed by atoms with van der Waals surface area (Å²) in [7, 11) is 0. The van der Waals surface area contributed by atoms with E-state index >= 15 is 0 Å². The second-order valence-electron chi connectivity index (χ2n) is 7.65. The maximum atomic E-state index is 12.9. The summed E-state index contributed by atoms with van der Waals surface area (Å²) in [5.41, 5.74) is 6.84. The van der Waals surface area contributed by atoms with Gasteiger partial charge in [0.1, 0.15) is 19.0 Å². The normalized spacial score (nSPS) is 14.9. The Morgan fingerprint density at radius 2 is 1.73 bits per heavy atom. The molecule has 2 aliphatic rings. The molecule has 0 spiro atoms. The van der Waals surface area contributed by atoms with Gasteiger partial charge in [0.05, 0.1) is 13.1 Å². The molecule has 1 heterocycles. The summed E-state index contributed by atoms with van der Waals surface area (Å²) >= 11 is 5.92. The van der Waals surface area contributed by atoms with Crippen LogP contribution in [0.1, 0.15) is 28.2 Å². The molecule has 0 N–H and O–H groups in total. The average molecular weight is 420 g/mol. The number of carbonyl (C=O) groups excluding carboxylic acids is 1. The van der Waals surface area contributed by atoms with Crippen LogP contribution >= 0.6 is 11.6 Å². The molecule has 0 bridgehead atoms. The molecule has 3 aromatic carbocycles. The Morgan fingerprint density at radius 1 is 1.03 bits per heavy atom. The van der Waals surface area contributed by atoms with Gasteiger partial charge >= 0.3 is 6.09 Å². The molecule has 1 aliphatic carbocycles. The van der Waals surface area contributed by atoms with Gasteiger partial charge in [-0.2, -0.15) is 0 Å². The molecule has 0 atom stereocenters. The summed E-state index contributed by atoms with van der Waals surface area (Å²) in [5.74, 6) is 1.29. The van der Waals surface area contributed by atoms with E-state index in [9.17, 15) is 4.79 Å². The second-order valence-corrected chi connectivity index (χ2v) is 7.92. The number of benzene rings is 3. The average Bonchev–Trinajstić information content (AvgIpc) is 2.95. The second kappa shape index (κ2) is 8.04. The fourth-order valence-electron chi connectivity index (χ4n) is 4.34. The van der Waals surface area contributed by atoms with E-state index in [1.807, 2.05) is 42.5 Å². The van der Waals surface area contributed by atoms with Gasteiger partial charge in [-0.3, -0.25) is 0 Å². The zero-order chi connectivity index (χ0) is 20.5. The highest BCUT2D eigenvalue weighted by atomic mass is 35.5. The molecule has 5 heteroatoms. The summed E-state index contributed by atoms with van der Waals surface area (Å²) in [6.45, 7) is 1.71. The van der Waals surface area contributed by atoms with Crippen LogP contribution in [0.25, 0.3) is 11.1 Å². The molecule has 30 heavy (non-hydrogen) atoms. The van der Waals surface area contributed by atoms with Crippen molar-refractivity contribution in [3.63, 3.8) is 0 Å². The first kappa shape index (κ1) is 19.0. The van der Waals surface area contributed by atoms with Gasteiger partial charge in [-0.15, -0.1) is 11.6 Å². The van der Waals surface area contributed by atoms with Gasteiger partial charge < -0.3 is 14.4 Å². The molecule has 1 aliphatic heterocycles. The maximum absolute atomic E-state index is 12.9. The standard InChI is InChI=1S/C25H22ClNO3/c26-14-17-9-10-18-15-27(11-12-29-24(18)13-17)25(28)30-16-23-21-7-3-1-5-19(21)20-6-2-4-8-22(20)23/h1-10,13,23H,11-12,14-16H2. The van der Waals surface area contributed by atoms with E-state index in [4.69, 9.17) is 21.1 Å². The van der Waals surface area contributed by atoms with Gasteiger partial charge in [0, 0.05) is 17.4 Å². The highest BCUT2D eigenvalue weighted by molar-refractivity contribution is 6.17. The molecule has 1 amide bonds. The van der Waals surface area contributed by atoms with Crippen LogP contribution in [0.2, 0.25) is 0 Å². The molecule has 0 saturated heterocycles. The Morgan fingerprint density at radius 3 is 2.43 bits per heavy atom. The maximum Gasteiger partial charge on any atom is 0.410 e. The number of hydrogen-bond donors (Lipinski definition) is 0. The lowest BCUT2D eigenvalue weighted by atomic mass is 9.98. The minimum atomic E-state index is -0.310. The Bertz CT molecular complexity index is 1050. The van der Waals surface area contributed by atoms with Gasteiger partial charge in [0.25, 0.3) is 0 Å². The molecular formula is C25H22ClNO3. The first-order valence-electron chi connectivity index (χ1n) is 10.1. The van der Waals surface area contributed by atoms with Crippen molar-refractivity contribution in [2.75, 3.05) is 19.8 Å². The van der Waals surface area contributed by atoms with E-state index in [1.165, 1.54) is 22.3 Å². The lowest BCUT2D eigenvalue weighted by molar-refractivity contribution is 0.0947. The molecule has 0 fully saturated rings. The predicted octanol–water partition coefficient (Wildman–Crippen LogP) is 5.57. The van der Waals surface area contributed by atoms with Gasteiger partial charge in [-0.05, 0) is 33.9 Å². The molecular weight excluding hydrogens is 398 g/mol. The molecule has 3 aromatic rings. The van der Waals surface area contributed by atoms with Crippen molar-refractivity contribution in [2.24, 2.45) is 0 Å². The molecule has 0 unspecified atom stereocenters. The highest BCUT2D eigenvalue weighted by Crippen LogP contribution is 2.44. The van der Waals surface area contributed by atoms with Crippen LogP contribution in [0.5, 0.6) is 5.75 Å². The van der Waals surface area contributed by atoms with Crippen molar-refractivity contribution in [1.82, 2.24) is 4.90 Å². The van der Waals surface area contributed by atoms with E-state index in [2.05, 4.69) is 24.3 Å². The first-order chi connectivity index (χ1) is 14.7. The smallest absolute Gasteiger partial charge is 0.410 e. The molecule has 4 nitrogen and oxygen atoms in total. The van der Waals surface area contributed by atoms with Gasteiger partial charge in [0.15, 0.2) is 0 Å². The fourth-order valence-corrected chi connectivity index (χ4v) is 4.50. The zero-order valence-electron chi connectivity index (χ0n) is 16.5. The summed E-state index contributed by atoms with van der Waals surface area (Å²) < 4.78 is 11.6. The number of carbonyl (C=O) groups is 1. The Hall–Kier alpha value is -2.98. The summed E-state index contributed by atoms with van der Waals surface area (Å²) in [5, 5.41) is 0. The van der Waals surface area contributed by atoms with E-state index in [0.29, 0.717) is 32.2 Å². The van der Waals surface area contributed by atoms with Crippen molar-refractivity contribution < 1.29 is 14.3 Å². The molecule has 0 saturated carbocycles. The van der Waals surface area contributed by atoms with Crippen LogP contribution in [0.15, 0.2) is 66.7 Å². The third kappa shape index (κ3) is 3.41. The summed E-state index contributed by atoms with van der Waals surface area (Å²) in [6, 6.07) is 22.6. The van der Waals surface area contributed by atoms with E-state index in [1.54, 1.807) is 4.90 Å². The van der Waals surface area contributed by atoms with Crippen LogP contribution in [0.4, 0.5) is 4.79 Å². The topological polar surface area (TPSA) is 38.8 Å². The highest BCUT2D eigenvalue weighted by Gasteiger charge is 2.30. The van der Waals surface area contributed by atoms with E-state index in [0.717, 1.165) is 16.9 Å². The largest absolute Gasteiger partial charge is 0.491 e. The number of halogens is 1. The zero-order valence-corrected chi connectivity index (χ0v) is 17.3. The van der Waals surface area contributed by atoms with Crippen LogP contribution < -0.4 is 4.74 Å². The summed E-state index contributed by atoms with van der Waals surface area (Å²) in [4.78, 5) is 14.6. The van der Waals surface area contributed by atoms with Gasteiger partial charge in [0.2, 0.25) is 0 Å². The van der Waals surface area contributed by atoms with Crippen LogP contribution in [0, 0.1) is 0 Å². The number of fused-ring (bicyclic) bond motifs is 4. The molecule has 5 rings (SSSR count). The van der Waals surface area contributed by atoms with Crippen molar-refractivity contribution in [2.45, 2.75) is 18.3 Å². The number of rotatable bonds is 3. The van der Waals surface area contributed by atoms with Crippen LogP contribution in [-0.4, -0.2) is 30.8 Å². The lowest BCUT2D eigenvalue weighted by Gasteiger charge is -2.21. The van der Waals surface area contributed by atoms with Crippen molar-refractivity contribution in [3.8, 4) is 16.9 Å². The number of ether oxygens (including phenoxy) is 2.